The van der Waals surface area contributed by atoms with Gasteiger partial charge in [0.15, 0.2) is 5.82 Å². The molecule has 0 bridgehead atoms. The third-order valence-electron chi connectivity index (χ3n) is 3.76. The lowest BCUT2D eigenvalue weighted by Gasteiger charge is -2.18. The number of aromatic amines is 1. The first-order valence-corrected chi connectivity index (χ1v) is 8.39. The molecule has 6 heteroatoms. The molecule has 0 saturated carbocycles. The number of benzene rings is 1. The van der Waals surface area contributed by atoms with Crippen molar-refractivity contribution in [1.29, 1.82) is 0 Å². The van der Waals surface area contributed by atoms with E-state index in [1.165, 1.54) is 0 Å². The number of thioether (sulfide) groups is 1. The molecule has 2 heterocycles. The highest BCUT2D eigenvalue weighted by atomic mass is 32.2. The van der Waals surface area contributed by atoms with Crippen LogP contribution in [0, 0.1) is 6.92 Å². The van der Waals surface area contributed by atoms with Gasteiger partial charge in [-0.25, -0.2) is 0 Å². The van der Waals surface area contributed by atoms with E-state index in [-0.39, 0.29) is 16.4 Å². The number of fused-ring (bicyclic) bond motifs is 1. The zero-order valence-electron chi connectivity index (χ0n) is 13.1. The number of nitrogens with one attached hydrogen (secondary N) is 2. The first-order valence-electron chi connectivity index (χ1n) is 7.45. The van der Waals surface area contributed by atoms with Crippen molar-refractivity contribution < 1.29 is 9.53 Å². The molecule has 0 radical (unpaired) electrons. The Morgan fingerprint density at radius 2 is 2.13 bits per heavy atom. The lowest BCUT2D eigenvalue weighted by molar-refractivity contribution is -0.115. The number of H-pyrrole nitrogens is 1. The van der Waals surface area contributed by atoms with Crippen LogP contribution < -0.4 is 10.1 Å². The molecule has 1 aliphatic heterocycles. The van der Waals surface area contributed by atoms with E-state index in [0.717, 1.165) is 22.6 Å². The maximum atomic E-state index is 12.1. The van der Waals surface area contributed by atoms with Gasteiger partial charge in [-0.1, -0.05) is 24.8 Å². The lowest BCUT2D eigenvalue weighted by atomic mass is 10.0. The van der Waals surface area contributed by atoms with Gasteiger partial charge in [0, 0.05) is 11.3 Å². The van der Waals surface area contributed by atoms with E-state index >= 15 is 0 Å². The van der Waals surface area contributed by atoms with Crippen LogP contribution in [0.2, 0.25) is 0 Å². The Morgan fingerprint density at radius 3 is 2.83 bits per heavy atom. The Kier molecular flexibility index (Phi) is 4.43. The van der Waals surface area contributed by atoms with Crippen molar-refractivity contribution in [2.45, 2.75) is 24.3 Å². The molecule has 1 aromatic heterocycles. The Morgan fingerprint density at radius 1 is 1.39 bits per heavy atom. The maximum absolute atomic E-state index is 12.1. The second-order valence-electron chi connectivity index (χ2n) is 5.43. The van der Waals surface area contributed by atoms with E-state index < -0.39 is 0 Å². The van der Waals surface area contributed by atoms with Gasteiger partial charge >= 0.3 is 0 Å². The number of carbonyl (C=O) groups is 1. The zero-order chi connectivity index (χ0) is 16.4. The topological polar surface area (TPSA) is 67.0 Å². The van der Waals surface area contributed by atoms with Gasteiger partial charge in [0.25, 0.3) is 0 Å². The molecular formula is C17H19N3O2S. The predicted octanol–water partition coefficient (Wildman–Crippen LogP) is 3.45. The molecule has 2 aromatic rings. The minimum atomic E-state index is -0.148. The third kappa shape index (κ3) is 3.12. The van der Waals surface area contributed by atoms with Gasteiger partial charge in [-0.3, -0.25) is 9.89 Å². The summed E-state index contributed by atoms with van der Waals surface area (Å²) >= 11 is 1.62. The SMILES string of the molecule is C=CCOc1ccc(C2SC(C)C(=O)Nc3n[nH]c(C)c32)cc1. The molecular weight excluding hydrogens is 310 g/mol. The molecule has 1 aliphatic rings. The van der Waals surface area contributed by atoms with E-state index in [1.807, 2.05) is 38.1 Å². The van der Waals surface area contributed by atoms with Gasteiger partial charge in [0.2, 0.25) is 5.91 Å². The van der Waals surface area contributed by atoms with Crippen molar-refractivity contribution in [1.82, 2.24) is 10.2 Å². The highest BCUT2D eigenvalue weighted by Gasteiger charge is 2.32. The molecule has 2 unspecified atom stereocenters. The van der Waals surface area contributed by atoms with E-state index in [1.54, 1.807) is 17.8 Å². The summed E-state index contributed by atoms with van der Waals surface area (Å²) in [4.78, 5) is 12.1. The molecule has 0 fully saturated rings. The van der Waals surface area contributed by atoms with E-state index in [4.69, 9.17) is 4.74 Å². The molecule has 2 atom stereocenters. The summed E-state index contributed by atoms with van der Waals surface area (Å²) in [6, 6.07) is 7.96. The third-order valence-corrected chi connectivity index (χ3v) is 5.16. The normalized spacial score (nSPS) is 20.3. The first-order chi connectivity index (χ1) is 11.1. The van der Waals surface area contributed by atoms with Gasteiger partial charge in [-0.15, -0.1) is 11.8 Å². The van der Waals surface area contributed by atoms with Gasteiger partial charge in [0.05, 0.1) is 10.5 Å². The largest absolute Gasteiger partial charge is 0.490 e. The highest BCUT2D eigenvalue weighted by molar-refractivity contribution is 8.01. The quantitative estimate of drug-likeness (QED) is 0.843. The van der Waals surface area contributed by atoms with Gasteiger partial charge in [-0.05, 0) is 31.5 Å². The lowest BCUT2D eigenvalue weighted by Crippen LogP contribution is -2.21. The second kappa shape index (κ2) is 6.50. The molecule has 120 valence electrons. The van der Waals surface area contributed by atoms with Crippen LogP contribution in [-0.2, 0) is 4.79 Å². The molecule has 0 saturated heterocycles. The van der Waals surface area contributed by atoms with Crippen LogP contribution in [0.15, 0.2) is 36.9 Å². The Bertz CT molecular complexity index is 724. The van der Waals surface area contributed by atoms with Crippen LogP contribution in [0.1, 0.15) is 29.0 Å². The van der Waals surface area contributed by atoms with Crippen LogP contribution in [0.5, 0.6) is 5.75 Å². The van der Waals surface area contributed by atoms with E-state index in [9.17, 15) is 4.79 Å². The van der Waals surface area contributed by atoms with Crippen LogP contribution in [0.3, 0.4) is 0 Å². The summed E-state index contributed by atoms with van der Waals surface area (Å²) in [7, 11) is 0. The number of hydrogen-bond donors (Lipinski definition) is 2. The van der Waals surface area contributed by atoms with Gasteiger partial charge in [0.1, 0.15) is 12.4 Å². The van der Waals surface area contributed by atoms with Gasteiger partial charge < -0.3 is 10.1 Å². The minimum absolute atomic E-state index is 0.0174. The second-order valence-corrected chi connectivity index (χ2v) is 6.88. The molecule has 3 rings (SSSR count). The summed E-state index contributed by atoms with van der Waals surface area (Å²) in [5.74, 6) is 1.41. The van der Waals surface area contributed by atoms with Crippen molar-refractivity contribution in [2.24, 2.45) is 0 Å². The fourth-order valence-corrected chi connectivity index (χ4v) is 3.87. The number of aromatic nitrogens is 2. The molecule has 5 nitrogen and oxygen atoms in total. The number of anilines is 1. The number of nitrogens with zero attached hydrogens (tertiary/aromatic N) is 1. The van der Waals surface area contributed by atoms with Crippen molar-refractivity contribution in [3.05, 3.63) is 53.7 Å². The number of hydrogen-bond acceptors (Lipinski definition) is 4. The van der Waals surface area contributed by atoms with E-state index in [0.29, 0.717) is 12.4 Å². The standard InChI is InChI=1S/C17H19N3O2S/c1-4-9-22-13-7-5-12(6-8-13)15-14-10(2)19-20-16(14)18-17(21)11(3)23-15/h4-8,11,15H,1,9H2,2-3H3,(H2,18,19,20,21). The maximum Gasteiger partial charge on any atom is 0.238 e. The number of aryl methyl sites for hydroxylation is 1. The number of carbonyl (C=O) groups excluding carboxylic acids is 1. The average molecular weight is 329 g/mol. The summed E-state index contributed by atoms with van der Waals surface area (Å²) in [6.07, 6.45) is 1.72. The number of amides is 1. The fourth-order valence-electron chi connectivity index (χ4n) is 2.55. The van der Waals surface area contributed by atoms with Crippen LogP contribution in [-0.4, -0.2) is 28.0 Å². The smallest absolute Gasteiger partial charge is 0.238 e. The average Bonchev–Trinajstić information content (AvgIpc) is 2.85. The van der Waals surface area contributed by atoms with Crippen molar-refractivity contribution in [3.8, 4) is 5.75 Å². The molecule has 0 aliphatic carbocycles. The molecule has 2 N–H and O–H groups in total. The summed E-state index contributed by atoms with van der Waals surface area (Å²) in [6.45, 7) is 8.02. The molecule has 1 aromatic carbocycles. The molecule has 0 spiro atoms. The number of ether oxygens (including phenoxy) is 1. The summed E-state index contributed by atoms with van der Waals surface area (Å²) in [5, 5.41) is 9.99. The van der Waals surface area contributed by atoms with Gasteiger partial charge in [-0.2, -0.15) is 5.10 Å². The molecule has 1 amide bonds. The first kappa shape index (κ1) is 15.7. The van der Waals surface area contributed by atoms with Crippen molar-refractivity contribution in [3.63, 3.8) is 0 Å². The van der Waals surface area contributed by atoms with Crippen molar-refractivity contribution in [2.75, 3.05) is 11.9 Å². The summed E-state index contributed by atoms with van der Waals surface area (Å²) < 4.78 is 5.53. The Balaban J connectivity index is 1.95. The minimum Gasteiger partial charge on any atom is -0.490 e. The van der Waals surface area contributed by atoms with Crippen LogP contribution >= 0.6 is 11.8 Å². The zero-order valence-corrected chi connectivity index (χ0v) is 13.9. The fraction of sp³-hybridized carbons (Fsp3) is 0.294. The summed E-state index contributed by atoms with van der Waals surface area (Å²) in [5.41, 5.74) is 3.13. The Hall–Kier alpha value is -2.21. The highest BCUT2D eigenvalue weighted by Crippen LogP contribution is 2.44. The van der Waals surface area contributed by atoms with E-state index in [2.05, 4.69) is 22.1 Å². The van der Waals surface area contributed by atoms with Crippen LogP contribution in [0.4, 0.5) is 5.82 Å². The molecule has 23 heavy (non-hydrogen) atoms. The van der Waals surface area contributed by atoms with Crippen molar-refractivity contribution >= 4 is 23.5 Å². The monoisotopic (exact) mass is 329 g/mol. The van der Waals surface area contributed by atoms with Crippen LogP contribution in [0.25, 0.3) is 0 Å². The number of rotatable bonds is 4. The predicted molar refractivity (Wildman–Crippen MR) is 93.0 cm³/mol. The Labute approximate surface area is 139 Å².